The van der Waals surface area contributed by atoms with Crippen LogP contribution in [0.15, 0.2) is 138 Å². The van der Waals surface area contributed by atoms with Gasteiger partial charge in [0.05, 0.1) is 11.0 Å². The summed E-state index contributed by atoms with van der Waals surface area (Å²) in [7, 11) is 0. The Bertz CT molecular complexity index is 2180. The lowest BCUT2D eigenvalue weighted by molar-refractivity contribution is 0.670. The molecule has 0 spiro atoms. The number of hydrogen-bond donors (Lipinski definition) is 0. The molecule has 184 valence electrons. The Morgan fingerprint density at radius 1 is 0.487 bits per heavy atom. The third kappa shape index (κ3) is 3.42. The van der Waals surface area contributed by atoms with Gasteiger partial charge < -0.3 is 8.98 Å². The van der Waals surface area contributed by atoms with Crippen molar-refractivity contribution in [3.8, 4) is 27.9 Å². The molecule has 8 aromatic rings. The van der Waals surface area contributed by atoms with E-state index in [-0.39, 0.29) is 0 Å². The van der Waals surface area contributed by atoms with Gasteiger partial charge in [-0.3, -0.25) is 0 Å². The van der Waals surface area contributed by atoms with Crippen LogP contribution in [-0.4, -0.2) is 4.57 Å². The Hall–Kier alpha value is -5.08. The van der Waals surface area contributed by atoms with Gasteiger partial charge in [0.25, 0.3) is 0 Å². The monoisotopic (exact) mass is 499 g/mol. The van der Waals surface area contributed by atoms with E-state index in [1.54, 1.807) is 0 Å². The lowest BCUT2D eigenvalue weighted by Crippen LogP contribution is -1.92. The van der Waals surface area contributed by atoms with Gasteiger partial charge in [-0.1, -0.05) is 96.6 Å². The van der Waals surface area contributed by atoms with Crippen molar-refractivity contribution in [2.75, 3.05) is 0 Å². The number of nitrogens with zero attached hydrogens (tertiary/aromatic N) is 1. The zero-order valence-corrected chi connectivity index (χ0v) is 21.6. The molecule has 0 N–H and O–H groups in total. The van der Waals surface area contributed by atoms with Crippen LogP contribution in [0, 0.1) is 6.92 Å². The number of para-hydroxylation sites is 3. The molecule has 2 heteroatoms. The van der Waals surface area contributed by atoms with Crippen LogP contribution in [0.1, 0.15) is 5.56 Å². The van der Waals surface area contributed by atoms with Crippen molar-refractivity contribution in [1.82, 2.24) is 4.57 Å². The summed E-state index contributed by atoms with van der Waals surface area (Å²) in [5.74, 6) is 0. The quantitative estimate of drug-likeness (QED) is 0.236. The first-order valence-corrected chi connectivity index (χ1v) is 13.4. The minimum atomic E-state index is 0.913. The Kier molecular flexibility index (Phi) is 4.77. The zero-order valence-electron chi connectivity index (χ0n) is 21.6. The van der Waals surface area contributed by atoms with E-state index in [1.807, 2.05) is 0 Å². The Labute approximate surface area is 226 Å². The average Bonchev–Trinajstić information content (AvgIpc) is 3.52. The van der Waals surface area contributed by atoms with Crippen molar-refractivity contribution in [2.24, 2.45) is 0 Å². The molecule has 2 nitrogen and oxygen atoms in total. The minimum Gasteiger partial charge on any atom is -0.455 e. The highest BCUT2D eigenvalue weighted by Crippen LogP contribution is 2.39. The first-order valence-electron chi connectivity index (χ1n) is 13.4. The Morgan fingerprint density at radius 2 is 1.21 bits per heavy atom. The summed E-state index contributed by atoms with van der Waals surface area (Å²) in [6.45, 7) is 2.13. The normalized spacial score (nSPS) is 11.7. The molecule has 0 aliphatic rings. The zero-order chi connectivity index (χ0) is 25.9. The largest absolute Gasteiger partial charge is 0.455 e. The summed E-state index contributed by atoms with van der Waals surface area (Å²) < 4.78 is 8.80. The predicted molar refractivity (Wildman–Crippen MR) is 164 cm³/mol. The maximum atomic E-state index is 6.45. The number of fused-ring (bicyclic) bond motifs is 6. The fourth-order valence-electron chi connectivity index (χ4n) is 6.03. The molecule has 39 heavy (non-hydrogen) atoms. The van der Waals surface area contributed by atoms with Gasteiger partial charge in [0.2, 0.25) is 0 Å². The second-order valence-electron chi connectivity index (χ2n) is 10.3. The number of rotatable bonds is 3. The van der Waals surface area contributed by atoms with Crippen LogP contribution in [0.3, 0.4) is 0 Å². The third-order valence-corrected chi connectivity index (χ3v) is 7.85. The fourth-order valence-corrected chi connectivity index (χ4v) is 6.03. The Balaban J connectivity index is 1.32. The molecule has 2 heterocycles. The van der Waals surface area contributed by atoms with E-state index in [9.17, 15) is 0 Å². The van der Waals surface area contributed by atoms with Crippen molar-refractivity contribution >= 4 is 43.7 Å². The van der Waals surface area contributed by atoms with Gasteiger partial charge in [-0.2, -0.15) is 0 Å². The lowest BCUT2D eigenvalue weighted by atomic mass is 9.98. The summed E-state index contributed by atoms with van der Waals surface area (Å²) in [5, 5.41) is 4.80. The molecule has 0 radical (unpaired) electrons. The second-order valence-corrected chi connectivity index (χ2v) is 10.3. The summed E-state index contributed by atoms with van der Waals surface area (Å²) in [5.41, 5.74) is 11.4. The highest BCUT2D eigenvalue weighted by Gasteiger charge is 2.15. The third-order valence-electron chi connectivity index (χ3n) is 7.85. The van der Waals surface area contributed by atoms with E-state index in [4.69, 9.17) is 4.42 Å². The van der Waals surface area contributed by atoms with Gasteiger partial charge in [0.15, 0.2) is 0 Å². The topological polar surface area (TPSA) is 18.1 Å². The summed E-state index contributed by atoms with van der Waals surface area (Å²) in [6, 6.07) is 47.7. The standard InChI is InChI=1S/C37H25NO/c1-24-9-7-10-27(21-24)29-14-8-15-31-33-23-26(18-20-36(33)39-37(29)31)25-17-19-35-32(22-25)30-13-5-6-16-34(30)38(35)28-11-3-2-4-12-28/h2-23H,1H3. The van der Waals surface area contributed by atoms with Gasteiger partial charge in [0, 0.05) is 32.8 Å². The molecule has 0 atom stereocenters. The fraction of sp³-hybridized carbons (Fsp3) is 0.0270. The highest BCUT2D eigenvalue weighted by atomic mass is 16.3. The second kappa shape index (κ2) is 8.47. The van der Waals surface area contributed by atoms with Gasteiger partial charge in [0.1, 0.15) is 11.2 Å². The van der Waals surface area contributed by atoms with Crippen molar-refractivity contribution in [1.29, 1.82) is 0 Å². The summed E-state index contributed by atoms with van der Waals surface area (Å²) in [6.07, 6.45) is 0. The van der Waals surface area contributed by atoms with Crippen molar-refractivity contribution < 1.29 is 4.42 Å². The summed E-state index contributed by atoms with van der Waals surface area (Å²) in [4.78, 5) is 0. The average molecular weight is 500 g/mol. The van der Waals surface area contributed by atoms with Crippen LogP contribution >= 0.6 is 0 Å². The molecule has 0 amide bonds. The van der Waals surface area contributed by atoms with Crippen LogP contribution in [0.25, 0.3) is 71.7 Å². The van der Waals surface area contributed by atoms with Crippen molar-refractivity contribution in [3.05, 3.63) is 139 Å². The van der Waals surface area contributed by atoms with Crippen molar-refractivity contribution in [3.63, 3.8) is 0 Å². The van der Waals surface area contributed by atoms with Crippen LogP contribution in [0.2, 0.25) is 0 Å². The number of aryl methyl sites for hydroxylation is 1. The van der Waals surface area contributed by atoms with Gasteiger partial charge in [-0.25, -0.2) is 0 Å². The van der Waals surface area contributed by atoms with Crippen LogP contribution < -0.4 is 0 Å². The van der Waals surface area contributed by atoms with E-state index in [1.165, 1.54) is 49.7 Å². The highest BCUT2D eigenvalue weighted by molar-refractivity contribution is 6.12. The molecule has 2 aromatic heterocycles. The van der Waals surface area contributed by atoms with Crippen LogP contribution in [0.5, 0.6) is 0 Å². The first kappa shape index (κ1) is 22.0. The van der Waals surface area contributed by atoms with E-state index in [2.05, 4.69) is 145 Å². The number of furan rings is 1. The maximum Gasteiger partial charge on any atom is 0.143 e. The molecule has 0 aliphatic heterocycles. The number of hydrogen-bond acceptors (Lipinski definition) is 1. The first-order chi connectivity index (χ1) is 19.2. The lowest BCUT2D eigenvalue weighted by Gasteiger charge is -2.08. The van der Waals surface area contributed by atoms with Crippen LogP contribution in [-0.2, 0) is 0 Å². The molecule has 0 saturated heterocycles. The van der Waals surface area contributed by atoms with Crippen LogP contribution in [0.4, 0.5) is 0 Å². The number of benzene rings is 6. The number of aromatic nitrogens is 1. The molecule has 0 bridgehead atoms. The molecule has 0 unspecified atom stereocenters. The van der Waals surface area contributed by atoms with Gasteiger partial charge in [-0.05, 0) is 66.1 Å². The summed E-state index contributed by atoms with van der Waals surface area (Å²) >= 11 is 0. The van der Waals surface area contributed by atoms with Gasteiger partial charge in [-0.15, -0.1) is 0 Å². The molecule has 0 aliphatic carbocycles. The van der Waals surface area contributed by atoms with E-state index in [0.717, 1.165) is 27.5 Å². The minimum absolute atomic E-state index is 0.913. The molecule has 8 rings (SSSR count). The van der Waals surface area contributed by atoms with E-state index in [0.29, 0.717) is 0 Å². The molecular weight excluding hydrogens is 474 g/mol. The van der Waals surface area contributed by atoms with Crippen molar-refractivity contribution in [2.45, 2.75) is 6.92 Å². The van der Waals surface area contributed by atoms with E-state index < -0.39 is 0 Å². The molecular formula is C37H25NO. The molecule has 0 saturated carbocycles. The molecule has 6 aromatic carbocycles. The van der Waals surface area contributed by atoms with E-state index >= 15 is 0 Å². The van der Waals surface area contributed by atoms with Gasteiger partial charge >= 0.3 is 0 Å². The SMILES string of the molecule is Cc1cccc(-c2cccc3c2oc2ccc(-c4ccc5c(c4)c4ccccc4n5-c4ccccc4)cc23)c1. The smallest absolute Gasteiger partial charge is 0.143 e. The molecule has 0 fully saturated rings. The Morgan fingerprint density at radius 3 is 2.08 bits per heavy atom. The predicted octanol–water partition coefficient (Wildman–Crippen LogP) is 10.3. The maximum absolute atomic E-state index is 6.45.